The molecular weight excluding hydrogens is 328 g/mol. The molecule has 0 aliphatic carbocycles. The molecule has 0 saturated carbocycles. The van der Waals surface area contributed by atoms with Crippen molar-refractivity contribution in [3.63, 3.8) is 0 Å². The SMILES string of the molecule is COc1ccc(CNc2cccc(-c3nc4ccccc4s3)c2)cc1. The zero-order valence-corrected chi connectivity index (χ0v) is 14.7. The van der Waals surface area contributed by atoms with Crippen LogP contribution in [0.25, 0.3) is 20.8 Å². The average molecular weight is 346 g/mol. The smallest absolute Gasteiger partial charge is 0.124 e. The number of nitrogens with zero attached hydrogens (tertiary/aromatic N) is 1. The number of hydrogen-bond donors (Lipinski definition) is 1. The van der Waals surface area contributed by atoms with Crippen molar-refractivity contribution in [3.05, 3.63) is 78.4 Å². The fraction of sp³-hybridized carbons (Fsp3) is 0.0952. The molecule has 124 valence electrons. The third-order valence-electron chi connectivity index (χ3n) is 4.06. The number of hydrogen-bond acceptors (Lipinski definition) is 4. The van der Waals surface area contributed by atoms with Crippen LogP contribution in [0.4, 0.5) is 5.69 Å². The summed E-state index contributed by atoms with van der Waals surface area (Å²) in [6.45, 7) is 0.771. The Bertz CT molecular complexity index is 959. The second kappa shape index (κ2) is 6.95. The quantitative estimate of drug-likeness (QED) is 0.512. The van der Waals surface area contributed by atoms with Crippen LogP contribution in [0.15, 0.2) is 72.8 Å². The van der Waals surface area contributed by atoms with Crippen molar-refractivity contribution in [2.45, 2.75) is 6.54 Å². The van der Waals surface area contributed by atoms with Crippen molar-refractivity contribution in [2.24, 2.45) is 0 Å². The molecule has 0 aliphatic heterocycles. The molecule has 1 heterocycles. The molecule has 0 saturated heterocycles. The van der Waals surface area contributed by atoms with Gasteiger partial charge in [0.2, 0.25) is 0 Å². The summed E-state index contributed by atoms with van der Waals surface area (Å²) < 4.78 is 6.41. The maximum absolute atomic E-state index is 5.20. The normalized spacial score (nSPS) is 10.8. The highest BCUT2D eigenvalue weighted by molar-refractivity contribution is 7.21. The van der Waals surface area contributed by atoms with Crippen molar-refractivity contribution >= 4 is 27.2 Å². The van der Waals surface area contributed by atoms with Gasteiger partial charge in [-0.1, -0.05) is 36.4 Å². The van der Waals surface area contributed by atoms with E-state index in [1.54, 1.807) is 18.4 Å². The summed E-state index contributed by atoms with van der Waals surface area (Å²) in [4.78, 5) is 4.74. The number of fused-ring (bicyclic) bond motifs is 1. The van der Waals surface area contributed by atoms with Gasteiger partial charge in [0.05, 0.1) is 17.3 Å². The number of anilines is 1. The summed E-state index contributed by atoms with van der Waals surface area (Å²) in [6.07, 6.45) is 0. The Kier molecular flexibility index (Phi) is 4.36. The fourth-order valence-corrected chi connectivity index (χ4v) is 3.67. The van der Waals surface area contributed by atoms with Crippen molar-refractivity contribution in [3.8, 4) is 16.3 Å². The van der Waals surface area contributed by atoms with Gasteiger partial charge in [-0.25, -0.2) is 4.98 Å². The molecule has 3 nitrogen and oxygen atoms in total. The van der Waals surface area contributed by atoms with Crippen LogP contribution in [0.1, 0.15) is 5.56 Å². The van der Waals surface area contributed by atoms with Crippen LogP contribution >= 0.6 is 11.3 Å². The Morgan fingerprint density at radius 2 is 1.80 bits per heavy atom. The Morgan fingerprint density at radius 1 is 0.960 bits per heavy atom. The molecule has 0 unspecified atom stereocenters. The van der Waals surface area contributed by atoms with Crippen LogP contribution in [0.2, 0.25) is 0 Å². The Morgan fingerprint density at radius 3 is 2.60 bits per heavy atom. The largest absolute Gasteiger partial charge is 0.497 e. The van der Waals surface area contributed by atoms with Gasteiger partial charge in [0.25, 0.3) is 0 Å². The molecule has 4 rings (SSSR count). The lowest BCUT2D eigenvalue weighted by Gasteiger charge is -2.08. The van der Waals surface area contributed by atoms with E-state index in [4.69, 9.17) is 9.72 Å². The van der Waals surface area contributed by atoms with Gasteiger partial charge in [0, 0.05) is 17.8 Å². The van der Waals surface area contributed by atoms with E-state index < -0.39 is 0 Å². The third-order valence-corrected chi connectivity index (χ3v) is 5.14. The van der Waals surface area contributed by atoms with Crippen molar-refractivity contribution in [1.29, 1.82) is 0 Å². The number of nitrogens with one attached hydrogen (secondary N) is 1. The van der Waals surface area contributed by atoms with Crippen LogP contribution in [-0.2, 0) is 6.54 Å². The van der Waals surface area contributed by atoms with Gasteiger partial charge in [-0.05, 0) is 42.0 Å². The molecule has 0 aliphatic rings. The van der Waals surface area contributed by atoms with Gasteiger partial charge >= 0.3 is 0 Å². The molecule has 0 fully saturated rings. The number of para-hydroxylation sites is 1. The van der Waals surface area contributed by atoms with E-state index in [-0.39, 0.29) is 0 Å². The van der Waals surface area contributed by atoms with Gasteiger partial charge in [-0.15, -0.1) is 11.3 Å². The predicted molar refractivity (Wildman–Crippen MR) is 105 cm³/mol. The highest BCUT2D eigenvalue weighted by atomic mass is 32.1. The zero-order chi connectivity index (χ0) is 17.1. The van der Waals surface area contributed by atoms with Gasteiger partial charge in [0.1, 0.15) is 10.8 Å². The second-order valence-electron chi connectivity index (χ2n) is 5.77. The van der Waals surface area contributed by atoms with E-state index >= 15 is 0 Å². The first-order chi connectivity index (χ1) is 12.3. The Balaban J connectivity index is 1.52. The monoisotopic (exact) mass is 346 g/mol. The lowest BCUT2D eigenvalue weighted by molar-refractivity contribution is 0.414. The first kappa shape index (κ1) is 15.7. The number of rotatable bonds is 5. The van der Waals surface area contributed by atoms with Crippen molar-refractivity contribution < 1.29 is 4.74 Å². The molecule has 4 aromatic rings. The summed E-state index contributed by atoms with van der Waals surface area (Å²) in [5.74, 6) is 0.876. The van der Waals surface area contributed by atoms with Gasteiger partial charge in [-0.3, -0.25) is 0 Å². The number of aromatic nitrogens is 1. The van der Waals surface area contributed by atoms with E-state index in [0.717, 1.165) is 34.1 Å². The van der Waals surface area contributed by atoms with E-state index in [9.17, 15) is 0 Å². The number of thiazole rings is 1. The molecule has 0 spiro atoms. The van der Waals surface area contributed by atoms with Crippen LogP contribution in [0.3, 0.4) is 0 Å². The minimum absolute atomic E-state index is 0.771. The first-order valence-electron chi connectivity index (χ1n) is 8.15. The molecule has 0 bridgehead atoms. The number of ether oxygens (including phenoxy) is 1. The Hall–Kier alpha value is -2.85. The summed E-state index contributed by atoms with van der Waals surface area (Å²) in [5, 5.41) is 4.53. The summed E-state index contributed by atoms with van der Waals surface area (Å²) in [6, 6.07) is 24.8. The van der Waals surface area contributed by atoms with Gasteiger partial charge in [0.15, 0.2) is 0 Å². The molecule has 1 N–H and O–H groups in total. The number of methoxy groups -OCH3 is 1. The van der Waals surface area contributed by atoms with E-state index in [0.29, 0.717) is 0 Å². The van der Waals surface area contributed by atoms with E-state index in [1.165, 1.54) is 10.3 Å². The number of benzene rings is 3. The third kappa shape index (κ3) is 3.49. The molecule has 0 amide bonds. The predicted octanol–water partition coefficient (Wildman–Crippen LogP) is 5.58. The minimum atomic E-state index is 0.771. The van der Waals surface area contributed by atoms with Crippen LogP contribution in [0, 0.1) is 0 Å². The molecule has 0 atom stereocenters. The molecule has 0 radical (unpaired) electrons. The van der Waals surface area contributed by atoms with Crippen molar-refractivity contribution in [2.75, 3.05) is 12.4 Å². The molecule has 4 heteroatoms. The van der Waals surface area contributed by atoms with Crippen molar-refractivity contribution in [1.82, 2.24) is 4.98 Å². The minimum Gasteiger partial charge on any atom is -0.497 e. The topological polar surface area (TPSA) is 34.1 Å². The molecule has 3 aromatic carbocycles. The van der Waals surface area contributed by atoms with E-state index in [1.807, 2.05) is 18.2 Å². The van der Waals surface area contributed by atoms with Crippen LogP contribution in [-0.4, -0.2) is 12.1 Å². The van der Waals surface area contributed by atoms with E-state index in [2.05, 4.69) is 59.9 Å². The first-order valence-corrected chi connectivity index (χ1v) is 8.96. The lowest BCUT2D eigenvalue weighted by Crippen LogP contribution is -1.99. The highest BCUT2D eigenvalue weighted by Crippen LogP contribution is 2.31. The fourth-order valence-electron chi connectivity index (χ4n) is 2.71. The molecular formula is C21H18N2OS. The van der Waals surface area contributed by atoms with Crippen LogP contribution in [0.5, 0.6) is 5.75 Å². The van der Waals surface area contributed by atoms with Gasteiger partial charge < -0.3 is 10.1 Å². The zero-order valence-electron chi connectivity index (χ0n) is 13.9. The summed E-state index contributed by atoms with van der Waals surface area (Å²) in [7, 11) is 1.68. The molecule has 25 heavy (non-hydrogen) atoms. The maximum Gasteiger partial charge on any atom is 0.124 e. The standard InChI is InChI=1S/C21H18N2OS/c1-24-18-11-9-15(10-12-18)14-22-17-6-4-5-16(13-17)21-23-19-7-2-3-8-20(19)25-21/h2-13,22H,14H2,1H3. The summed E-state index contributed by atoms with van der Waals surface area (Å²) in [5.41, 5.74) is 4.50. The van der Waals surface area contributed by atoms with Crippen LogP contribution < -0.4 is 10.1 Å². The average Bonchev–Trinajstić information content (AvgIpc) is 3.11. The van der Waals surface area contributed by atoms with Gasteiger partial charge in [-0.2, -0.15) is 0 Å². The molecule has 1 aromatic heterocycles. The highest BCUT2D eigenvalue weighted by Gasteiger charge is 2.06. The summed E-state index contributed by atoms with van der Waals surface area (Å²) >= 11 is 1.72. The Labute approximate surface area is 150 Å². The second-order valence-corrected chi connectivity index (χ2v) is 6.80. The maximum atomic E-state index is 5.20. The lowest BCUT2D eigenvalue weighted by atomic mass is 10.2.